The molecule has 2 aliphatic rings. The number of amides is 1. The van der Waals surface area contributed by atoms with Crippen molar-refractivity contribution < 1.29 is 14.3 Å². The number of nitrogens with two attached hydrogens (primary N) is 1. The number of halogens is 1. The Kier molecular flexibility index (Phi) is 4.47. The van der Waals surface area contributed by atoms with Crippen LogP contribution in [0.25, 0.3) is 22.3 Å². The number of hydrogen-bond donors (Lipinski definition) is 4. The number of carbonyl (C=O) groups excluding carboxylic acids is 1. The van der Waals surface area contributed by atoms with E-state index in [-0.39, 0.29) is 11.9 Å². The third kappa shape index (κ3) is 2.94. The molecule has 2 bridgehead atoms. The number of H-pyrrole nitrogens is 1. The predicted octanol–water partition coefficient (Wildman–Crippen LogP) is 2.88. The molecule has 2 heterocycles. The van der Waals surface area contributed by atoms with E-state index in [4.69, 9.17) is 5.73 Å². The fraction of sp³-hybridized carbons (Fsp3) is 0.409. The van der Waals surface area contributed by atoms with Crippen LogP contribution in [0.3, 0.4) is 0 Å². The number of hydrogen-bond acceptors (Lipinski definition) is 5. The van der Waals surface area contributed by atoms with Crippen LogP contribution < -0.4 is 11.1 Å². The van der Waals surface area contributed by atoms with Crippen molar-refractivity contribution in [2.45, 2.75) is 32.2 Å². The SMILES string of the molecule is Cc1[nH]nc2nc(-c3ccc(O)c(F)c3)cc(C(=O)NC3C4CCC(C4)[C@H]3CN)c12. The summed E-state index contributed by atoms with van der Waals surface area (Å²) in [7, 11) is 0. The van der Waals surface area contributed by atoms with Crippen LogP contribution in [0.15, 0.2) is 24.3 Å². The first-order valence-corrected chi connectivity index (χ1v) is 10.3. The minimum absolute atomic E-state index is 0.0752. The molecule has 2 fully saturated rings. The molecule has 3 unspecified atom stereocenters. The van der Waals surface area contributed by atoms with Crippen LogP contribution >= 0.6 is 0 Å². The van der Waals surface area contributed by atoms with Gasteiger partial charge in [-0.3, -0.25) is 9.89 Å². The highest BCUT2D eigenvalue weighted by atomic mass is 19.1. The first-order chi connectivity index (χ1) is 14.5. The topological polar surface area (TPSA) is 117 Å². The smallest absolute Gasteiger partial charge is 0.252 e. The van der Waals surface area contributed by atoms with E-state index in [1.807, 2.05) is 6.92 Å². The Morgan fingerprint density at radius 3 is 2.90 bits per heavy atom. The molecule has 0 radical (unpaired) electrons. The number of benzene rings is 1. The van der Waals surface area contributed by atoms with E-state index in [0.717, 1.165) is 18.5 Å². The maximum atomic E-state index is 13.9. The number of phenols is 1. The number of nitrogens with zero attached hydrogens (tertiary/aromatic N) is 2. The molecule has 0 saturated heterocycles. The minimum atomic E-state index is -0.744. The number of aromatic hydroxyl groups is 1. The molecule has 2 aliphatic carbocycles. The molecular weight excluding hydrogens is 385 g/mol. The van der Waals surface area contributed by atoms with Gasteiger partial charge in [-0.1, -0.05) is 0 Å². The number of fused-ring (bicyclic) bond motifs is 3. The molecule has 156 valence electrons. The van der Waals surface area contributed by atoms with Crippen molar-refractivity contribution in [2.24, 2.45) is 23.5 Å². The molecule has 0 aliphatic heterocycles. The van der Waals surface area contributed by atoms with Crippen LogP contribution in [-0.4, -0.2) is 38.8 Å². The molecule has 0 spiro atoms. The quantitative estimate of drug-likeness (QED) is 0.529. The lowest BCUT2D eigenvalue weighted by molar-refractivity contribution is 0.0904. The van der Waals surface area contributed by atoms with Crippen molar-refractivity contribution in [1.82, 2.24) is 20.5 Å². The van der Waals surface area contributed by atoms with Gasteiger partial charge in [0.1, 0.15) is 0 Å². The molecule has 5 N–H and O–H groups in total. The van der Waals surface area contributed by atoms with Crippen LogP contribution in [0, 0.1) is 30.5 Å². The average Bonchev–Trinajstić information content (AvgIpc) is 3.44. The Morgan fingerprint density at radius 1 is 1.33 bits per heavy atom. The highest BCUT2D eigenvalue weighted by Gasteiger charge is 2.47. The largest absolute Gasteiger partial charge is 0.505 e. The first-order valence-electron chi connectivity index (χ1n) is 10.3. The lowest BCUT2D eigenvalue weighted by Gasteiger charge is -2.31. The molecule has 4 atom stereocenters. The van der Waals surface area contributed by atoms with Crippen molar-refractivity contribution in [3.05, 3.63) is 41.3 Å². The van der Waals surface area contributed by atoms with E-state index < -0.39 is 11.6 Å². The second-order valence-corrected chi connectivity index (χ2v) is 8.50. The van der Waals surface area contributed by atoms with Crippen molar-refractivity contribution in [3.8, 4) is 17.0 Å². The molecule has 5 rings (SSSR count). The van der Waals surface area contributed by atoms with Gasteiger partial charge in [0.05, 0.1) is 16.6 Å². The summed E-state index contributed by atoms with van der Waals surface area (Å²) in [5.74, 6) is 0.00308. The zero-order chi connectivity index (χ0) is 21.0. The van der Waals surface area contributed by atoms with E-state index in [9.17, 15) is 14.3 Å². The zero-order valence-electron chi connectivity index (χ0n) is 16.7. The zero-order valence-corrected chi connectivity index (χ0v) is 16.7. The molecular formula is C22H24FN5O2. The van der Waals surface area contributed by atoms with E-state index in [1.54, 1.807) is 12.1 Å². The molecule has 2 saturated carbocycles. The molecule has 7 nitrogen and oxygen atoms in total. The molecule has 8 heteroatoms. The van der Waals surface area contributed by atoms with Crippen molar-refractivity contribution in [3.63, 3.8) is 0 Å². The van der Waals surface area contributed by atoms with Gasteiger partial charge < -0.3 is 16.2 Å². The molecule has 1 aromatic carbocycles. The summed E-state index contributed by atoms with van der Waals surface area (Å²) >= 11 is 0. The van der Waals surface area contributed by atoms with Crippen LogP contribution in [0.4, 0.5) is 4.39 Å². The van der Waals surface area contributed by atoms with Crippen LogP contribution in [-0.2, 0) is 0 Å². The first kappa shape index (κ1) is 19.0. The number of nitrogens with one attached hydrogen (secondary N) is 2. The fourth-order valence-electron chi connectivity index (χ4n) is 5.37. The standard InChI is InChI=1S/C22H24FN5O2/c1-10-19-14(22(30)26-20-13-3-2-11(6-13)15(20)9-24)8-17(25-21(19)28-27-10)12-4-5-18(29)16(23)7-12/h4-5,7-8,11,13,15,20,29H,2-3,6,9,24H2,1H3,(H,26,30)(H,25,27,28)/t11?,13?,15-,20?/m1/s1. The predicted molar refractivity (Wildman–Crippen MR) is 110 cm³/mol. The average molecular weight is 409 g/mol. The van der Waals surface area contributed by atoms with Crippen LogP contribution in [0.5, 0.6) is 5.75 Å². The summed E-state index contributed by atoms with van der Waals surface area (Å²) < 4.78 is 13.9. The van der Waals surface area contributed by atoms with Crippen molar-refractivity contribution >= 4 is 16.9 Å². The summed E-state index contributed by atoms with van der Waals surface area (Å²) in [6.45, 7) is 2.41. The third-order valence-electron chi connectivity index (χ3n) is 6.85. The summed E-state index contributed by atoms with van der Waals surface area (Å²) in [5, 5.41) is 20.5. The number of aromatic nitrogens is 3. The molecule has 3 aromatic rings. The van der Waals surface area contributed by atoms with Gasteiger partial charge in [0, 0.05) is 17.3 Å². The van der Waals surface area contributed by atoms with Crippen molar-refractivity contribution in [2.75, 3.05) is 6.54 Å². The van der Waals surface area contributed by atoms with Gasteiger partial charge in [0.25, 0.3) is 5.91 Å². The number of pyridine rings is 1. The Morgan fingerprint density at radius 2 is 2.13 bits per heavy atom. The summed E-state index contributed by atoms with van der Waals surface area (Å²) in [6, 6.07) is 5.77. The second kappa shape index (κ2) is 7.05. The van der Waals surface area contributed by atoms with E-state index >= 15 is 0 Å². The van der Waals surface area contributed by atoms with Gasteiger partial charge >= 0.3 is 0 Å². The Hall–Kier alpha value is -3.00. The Labute approximate surface area is 172 Å². The molecule has 2 aromatic heterocycles. The Balaban J connectivity index is 1.55. The highest BCUT2D eigenvalue weighted by molar-refractivity contribution is 6.07. The summed E-state index contributed by atoms with van der Waals surface area (Å²) in [6.07, 6.45) is 3.44. The van der Waals surface area contributed by atoms with Gasteiger partial charge in [-0.25, -0.2) is 9.37 Å². The lowest BCUT2D eigenvalue weighted by Crippen LogP contribution is -2.46. The Bertz CT molecular complexity index is 1140. The van der Waals surface area contributed by atoms with Crippen LogP contribution in [0.2, 0.25) is 0 Å². The number of aromatic amines is 1. The third-order valence-corrected chi connectivity index (χ3v) is 6.85. The second-order valence-electron chi connectivity index (χ2n) is 8.50. The molecule has 30 heavy (non-hydrogen) atoms. The van der Waals surface area contributed by atoms with E-state index in [0.29, 0.717) is 52.2 Å². The highest BCUT2D eigenvalue weighted by Crippen LogP contribution is 2.48. The minimum Gasteiger partial charge on any atom is -0.505 e. The number of aryl methyl sites for hydroxylation is 1. The van der Waals surface area contributed by atoms with Gasteiger partial charge in [-0.2, -0.15) is 5.10 Å². The number of carbonyl (C=O) groups is 1. The maximum Gasteiger partial charge on any atom is 0.252 e. The number of rotatable bonds is 4. The van der Waals surface area contributed by atoms with Gasteiger partial charge in [-0.05, 0) is 74.8 Å². The van der Waals surface area contributed by atoms with Gasteiger partial charge in [0.15, 0.2) is 17.2 Å². The normalized spacial score (nSPS) is 25.2. The van der Waals surface area contributed by atoms with Gasteiger partial charge in [-0.15, -0.1) is 0 Å². The maximum absolute atomic E-state index is 13.9. The van der Waals surface area contributed by atoms with E-state index in [2.05, 4.69) is 20.5 Å². The number of phenolic OH excluding ortho intramolecular Hbond substituents is 1. The van der Waals surface area contributed by atoms with Gasteiger partial charge in [0.2, 0.25) is 0 Å². The molecule has 1 amide bonds. The van der Waals surface area contributed by atoms with Crippen LogP contribution in [0.1, 0.15) is 35.3 Å². The lowest BCUT2D eigenvalue weighted by atomic mass is 9.84. The van der Waals surface area contributed by atoms with Crippen molar-refractivity contribution in [1.29, 1.82) is 0 Å². The van der Waals surface area contributed by atoms with E-state index in [1.165, 1.54) is 18.6 Å². The summed E-state index contributed by atoms with van der Waals surface area (Å²) in [4.78, 5) is 17.9. The summed E-state index contributed by atoms with van der Waals surface area (Å²) in [5.41, 5.74) is 8.49. The fourth-order valence-corrected chi connectivity index (χ4v) is 5.37. The monoisotopic (exact) mass is 409 g/mol.